The number of nitrogens with one attached hydrogen (secondary N) is 1. The molecule has 0 aromatic heterocycles. The molecule has 2 unspecified atom stereocenters. The molecule has 0 spiro atoms. The predicted molar refractivity (Wildman–Crippen MR) is 74.3 cm³/mol. The topological polar surface area (TPSA) is 75.6 Å². The average Bonchev–Trinajstić information content (AvgIpc) is 2.93. The molecule has 0 aromatic carbocycles. The second kappa shape index (κ2) is 6.57. The van der Waals surface area contributed by atoms with Crippen LogP contribution >= 0.6 is 0 Å². The molecule has 1 heterocycles. The Bertz CT molecular complexity index is 357. The van der Waals surface area contributed by atoms with E-state index in [9.17, 15) is 14.7 Å². The monoisotopic (exact) mass is 283 g/mol. The van der Waals surface area contributed by atoms with Gasteiger partial charge in [0.15, 0.2) is 0 Å². The maximum absolute atomic E-state index is 12.2. The van der Waals surface area contributed by atoms with Crippen molar-refractivity contribution in [3.8, 4) is 0 Å². The van der Waals surface area contributed by atoms with Gasteiger partial charge in [-0.05, 0) is 26.2 Å². The predicted octanol–water partition coefficient (Wildman–Crippen LogP) is 1.95. The number of rotatable bonds is 5. The van der Waals surface area contributed by atoms with E-state index in [1.54, 1.807) is 0 Å². The fourth-order valence-corrected chi connectivity index (χ4v) is 3.37. The molecule has 2 rings (SSSR count). The van der Waals surface area contributed by atoms with Crippen LogP contribution in [-0.4, -0.2) is 36.2 Å². The fourth-order valence-electron chi connectivity index (χ4n) is 3.37. The van der Waals surface area contributed by atoms with Gasteiger partial charge in [0.1, 0.15) is 0 Å². The lowest BCUT2D eigenvalue weighted by Gasteiger charge is -2.33. The average molecular weight is 283 g/mol. The van der Waals surface area contributed by atoms with Gasteiger partial charge < -0.3 is 15.2 Å². The van der Waals surface area contributed by atoms with Crippen LogP contribution in [-0.2, 0) is 14.3 Å². The first-order valence-corrected chi connectivity index (χ1v) is 7.64. The van der Waals surface area contributed by atoms with Crippen LogP contribution in [0.3, 0.4) is 0 Å². The lowest BCUT2D eigenvalue weighted by atomic mass is 9.71. The third-order valence-corrected chi connectivity index (χ3v) is 4.82. The largest absolute Gasteiger partial charge is 0.481 e. The fraction of sp³-hybridized carbons (Fsp3) is 0.867. The molecule has 5 nitrogen and oxygen atoms in total. The number of carbonyl (C=O) groups excluding carboxylic acids is 1. The van der Waals surface area contributed by atoms with Crippen molar-refractivity contribution >= 4 is 11.9 Å². The van der Waals surface area contributed by atoms with Crippen molar-refractivity contribution in [2.75, 3.05) is 13.2 Å². The second-order valence-electron chi connectivity index (χ2n) is 6.30. The summed E-state index contributed by atoms with van der Waals surface area (Å²) in [6, 6.07) is 0.0550. The zero-order valence-corrected chi connectivity index (χ0v) is 12.2. The van der Waals surface area contributed by atoms with E-state index in [1.165, 1.54) is 0 Å². The minimum absolute atomic E-state index is 0.0550. The van der Waals surface area contributed by atoms with Gasteiger partial charge in [-0.15, -0.1) is 0 Å². The number of aliphatic carboxylic acids is 1. The lowest BCUT2D eigenvalue weighted by molar-refractivity contribution is -0.154. The standard InChI is InChI=1S/C15H25NO4/c1-11(12-5-8-20-10-12)16-13(17)9-15(14(18)19)6-3-2-4-7-15/h11-12H,2-10H2,1H3,(H,16,17)(H,18,19). The van der Waals surface area contributed by atoms with Gasteiger partial charge in [-0.3, -0.25) is 9.59 Å². The molecule has 2 aliphatic rings. The molecule has 1 aliphatic carbocycles. The van der Waals surface area contributed by atoms with E-state index in [-0.39, 0.29) is 18.4 Å². The van der Waals surface area contributed by atoms with Crippen LogP contribution in [0.15, 0.2) is 0 Å². The van der Waals surface area contributed by atoms with Crippen LogP contribution < -0.4 is 5.32 Å². The second-order valence-corrected chi connectivity index (χ2v) is 6.30. The Morgan fingerprint density at radius 3 is 2.60 bits per heavy atom. The van der Waals surface area contributed by atoms with Crippen molar-refractivity contribution in [1.29, 1.82) is 0 Å². The number of carboxylic acids is 1. The van der Waals surface area contributed by atoms with Crippen LogP contribution in [0.4, 0.5) is 0 Å². The third-order valence-electron chi connectivity index (χ3n) is 4.82. The van der Waals surface area contributed by atoms with E-state index in [0.29, 0.717) is 25.4 Å². The highest BCUT2D eigenvalue weighted by atomic mass is 16.5. The summed E-state index contributed by atoms with van der Waals surface area (Å²) in [5, 5.41) is 12.4. The Kier molecular flexibility index (Phi) is 5.02. The molecule has 1 amide bonds. The maximum Gasteiger partial charge on any atom is 0.310 e. The number of hydrogen-bond donors (Lipinski definition) is 2. The molecule has 2 atom stereocenters. The molecule has 2 N–H and O–H groups in total. The van der Waals surface area contributed by atoms with Crippen LogP contribution in [0, 0.1) is 11.3 Å². The van der Waals surface area contributed by atoms with Crippen LogP contribution in [0.1, 0.15) is 51.9 Å². The summed E-state index contributed by atoms with van der Waals surface area (Å²) >= 11 is 0. The summed E-state index contributed by atoms with van der Waals surface area (Å²) < 4.78 is 5.32. The molecule has 20 heavy (non-hydrogen) atoms. The summed E-state index contributed by atoms with van der Waals surface area (Å²) in [5.41, 5.74) is -0.839. The summed E-state index contributed by atoms with van der Waals surface area (Å²) in [6.45, 7) is 3.42. The Morgan fingerprint density at radius 2 is 2.05 bits per heavy atom. The first kappa shape index (κ1) is 15.3. The van der Waals surface area contributed by atoms with Gasteiger partial charge in [0.05, 0.1) is 12.0 Å². The highest BCUT2D eigenvalue weighted by molar-refractivity contribution is 5.85. The van der Waals surface area contributed by atoms with Gasteiger partial charge in [0.2, 0.25) is 5.91 Å². The van der Waals surface area contributed by atoms with Gasteiger partial charge in [-0.2, -0.15) is 0 Å². The minimum atomic E-state index is -0.839. The molecular formula is C15H25NO4. The molecule has 0 aromatic rings. The van der Waals surface area contributed by atoms with Gasteiger partial charge in [-0.25, -0.2) is 0 Å². The molecule has 5 heteroatoms. The van der Waals surface area contributed by atoms with E-state index >= 15 is 0 Å². The van der Waals surface area contributed by atoms with Gasteiger partial charge in [0.25, 0.3) is 0 Å². The van der Waals surface area contributed by atoms with E-state index in [4.69, 9.17) is 4.74 Å². The first-order valence-electron chi connectivity index (χ1n) is 7.64. The Balaban J connectivity index is 1.89. The van der Waals surface area contributed by atoms with Crippen molar-refractivity contribution in [3.63, 3.8) is 0 Å². The van der Waals surface area contributed by atoms with Crippen molar-refractivity contribution in [2.45, 2.75) is 57.9 Å². The highest BCUT2D eigenvalue weighted by Gasteiger charge is 2.41. The molecular weight excluding hydrogens is 258 g/mol. The van der Waals surface area contributed by atoms with E-state index in [0.717, 1.165) is 32.3 Å². The Labute approximate surface area is 120 Å². The normalized spacial score (nSPS) is 26.9. The Hall–Kier alpha value is -1.10. The van der Waals surface area contributed by atoms with E-state index < -0.39 is 11.4 Å². The van der Waals surface area contributed by atoms with Gasteiger partial charge in [-0.1, -0.05) is 19.3 Å². The van der Waals surface area contributed by atoms with E-state index in [1.807, 2.05) is 6.92 Å². The third kappa shape index (κ3) is 3.51. The summed E-state index contributed by atoms with van der Waals surface area (Å²) in [6.07, 6.45) is 5.21. The number of amides is 1. The van der Waals surface area contributed by atoms with Gasteiger partial charge in [0, 0.05) is 25.0 Å². The van der Waals surface area contributed by atoms with Crippen LogP contribution in [0.2, 0.25) is 0 Å². The lowest BCUT2D eigenvalue weighted by Crippen LogP contribution is -2.43. The maximum atomic E-state index is 12.2. The quantitative estimate of drug-likeness (QED) is 0.808. The number of carbonyl (C=O) groups is 2. The molecule has 1 saturated heterocycles. The highest BCUT2D eigenvalue weighted by Crippen LogP contribution is 2.39. The van der Waals surface area contributed by atoms with Crippen LogP contribution in [0.25, 0.3) is 0 Å². The van der Waals surface area contributed by atoms with Crippen molar-refractivity contribution in [1.82, 2.24) is 5.32 Å². The van der Waals surface area contributed by atoms with Gasteiger partial charge >= 0.3 is 5.97 Å². The zero-order chi connectivity index (χ0) is 14.6. The summed E-state index contributed by atoms with van der Waals surface area (Å²) in [4.78, 5) is 23.7. The molecule has 2 fully saturated rings. The smallest absolute Gasteiger partial charge is 0.310 e. The van der Waals surface area contributed by atoms with Crippen molar-refractivity contribution in [2.24, 2.45) is 11.3 Å². The Morgan fingerprint density at radius 1 is 1.35 bits per heavy atom. The molecule has 1 saturated carbocycles. The first-order chi connectivity index (χ1) is 9.53. The summed E-state index contributed by atoms with van der Waals surface area (Å²) in [5.74, 6) is -0.594. The van der Waals surface area contributed by atoms with Crippen molar-refractivity contribution in [3.05, 3.63) is 0 Å². The number of hydrogen-bond acceptors (Lipinski definition) is 3. The molecule has 0 radical (unpaired) electrons. The molecule has 114 valence electrons. The number of ether oxygens (including phenoxy) is 1. The zero-order valence-electron chi connectivity index (χ0n) is 12.2. The summed E-state index contributed by atoms with van der Waals surface area (Å²) in [7, 11) is 0. The molecule has 0 bridgehead atoms. The minimum Gasteiger partial charge on any atom is -0.481 e. The SMILES string of the molecule is CC(NC(=O)CC1(C(=O)O)CCCCC1)C1CCOC1. The van der Waals surface area contributed by atoms with Crippen LogP contribution in [0.5, 0.6) is 0 Å². The van der Waals surface area contributed by atoms with E-state index in [2.05, 4.69) is 5.32 Å². The van der Waals surface area contributed by atoms with Crippen molar-refractivity contribution < 1.29 is 19.4 Å². The number of carboxylic acid groups (broad SMARTS) is 1. The molecule has 1 aliphatic heterocycles.